The lowest BCUT2D eigenvalue weighted by Gasteiger charge is -2.31. The molecule has 0 unspecified atom stereocenters. The molecule has 1 aliphatic rings. The van der Waals surface area contributed by atoms with E-state index in [0.717, 1.165) is 31.4 Å². The summed E-state index contributed by atoms with van der Waals surface area (Å²) >= 11 is 0. The van der Waals surface area contributed by atoms with E-state index in [1.165, 1.54) is 0 Å². The van der Waals surface area contributed by atoms with Crippen LogP contribution in [0.5, 0.6) is 0 Å². The number of carbonyl (C=O) groups excluding carboxylic acids is 2. The molecule has 5 nitrogen and oxygen atoms in total. The van der Waals surface area contributed by atoms with E-state index in [9.17, 15) is 9.59 Å². The number of halogens is 1. The number of carbonyl (C=O) groups is 2. The molecule has 1 heterocycles. The Morgan fingerprint density at radius 1 is 1.30 bits per heavy atom. The Balaban J connectivity index is 0.00000264. The van der Waals surface area contributed by atoms with Crippen molar-refractivity contribution in [1.82, 2.24) is 10.2 Å². The van der Waals surface area contributed by atoms with Gasteiger partial charge in [0.25, 0.3) is 5.91 Å². The van der Waals surface area contributed by atoms with Crippen molar-refractivity contribution in [2.24, 2.45) is 5.92 Å². The van der Waals surface area contributed by atoms with E-state index in [2.05, 4.69) is 5.32 Å². The van der Waals surface area contributed by atoms with Gasteiger partial charge in [-0.3, -0.25) is 9.59 Å². The van der Waals surface area contributed by atoms with E-state index in [1.54, 1.807) is 12.1 Å². The second-order valence-corrected chi connectivity index (χ2v) is 5.93. The largest absolute Gasteiger partial charge is 0.399 e. The monoisotopic (exact) mass is 339 g/mol. The summed E-state index contributed by atoms with van der Waals surface area (Å²) in [6.45, 7) is 5.92. The number of nitrogens with two attached hydrogens (primary N) is 1. The maximum Gasteiger partial charge on any atom is 0.254 e. The average Bonchev–Trinajstić information content (AvgIpc) is 2.54. The minimum absolute atomic E-state index is 0. The van der Waals surface area contributed by atoms with Gasteiger partial charge in [-0.25, -0.2) is 0 Å². The molecule has 2 rings (SSSR count). The third-order valence-electron chi connectivity index (χ3n) is 4.19. The summed E-state index contributed by atoms with van der Waals surface area (Å²) in [4.78, 5) is 26.4. The zero-order chi connectivity index (χ0) is 16.1. The number of benzene rings is 1. The molecule has 0 saturated carbocycles. The van der Waals surface area contributed by atoms with Crippen LogP contribution >= 0.6 is 12.4 Å². The fourth-order valence-electron chi connectivity index (χ4n) is 2.78. The third-order valence-corrected chi connectivity index (χ3v) is 4.19. The summed E-state index contributed by atoms with van der Waals surface area (Å²) in [5.74, 6) is 0.156. The first-order valence-electron chi connectivity index (χ1n) is 7.96. The lowest BCUT2D eigenvalue weighted by atomic mass is 9.95. The lowest BCUT2D eigenvalue weighted by molar-refractivity contribution is -0.126. The predicted octanol–water partition coefficient (Wildman–Crippen LogP) is 2.38. The molecule has 1 saturated heterocycles. The van der Waals surface area contributed by atoms with Crippen LogP contribution < -0.4 is 11.1 Å². The number of anilines is 1. The summed E-state index contributed by atoms with van der Waals surface area (Å²) in [5, 5.41) is 2.94. The Morgan fingerprint density at radius 3 is 2.57 bits per heavy atom. The number of rotatable bonds is 4. The molecule has 1 aliphatic heterocycles. The van der Waals surface area contributed by atoms with E-state index in [-0.39, 0.29) is 30.1 Å². The van der Waals surface area contributed by atoms with E-state index in [1.807, 2.05) is 24.8 Å². The number of likely N-dealkylation sites (tertiary alicyclic amines) is 1. The normalized spacial score (nSPS) is 15.0. The van der Waals surface area contributed by atoms with Gasteiger partial charge in [-0.1, -0.05) is 13.0 Å². The van der Waals surface area contributed by atoms with Gasteiger partial charge < -0.3 is 16.0 Å². The molecule has 0 spiro atoms. The standard InChI is InChI=1S/C17H25N3O2.ClH/c1-3-8-19-16(21)13-6-9-20(10-7-13)17(22)15-11-14(18)5-4-12(15)2;/h4-5,11,13H,3,6-10,18H2,1-2H3,(H,19,21);1H. The highest BCUT2D eigenvalue weighted by molar-refractivity contribution is 5.96. The second kappa shape index (κ2) is 8.77. The van der Waals surface area contributed by atoms with Gasteiger partial charge in [0.05, 0.1) is 0 Å². The van der Waals surface area contributed by atoms with Gasteiger partial charge in [0.15, 0.2) is 0 Å². The van der Waals surface area contributed by atoms with Gasteiger partial charge in [0.1, 0.15) is 0 Å². The van der Waals surface area contributed by atoms with Crippen LogP contribution in [-0.2, 0) is 4.79 Å². The van der Waals surface area contributed by atoms with Gasteiger partial charge >= 0.3 is 0 Å². The number of hydrogen-bond donors (Lipinski definition) is 2. The van der Waals surface area contributed by atoms with Crippen LogP contribution in [-0.4, -0.2) is 36.3 Å². The van der Waals surface area contributed by atoms with Gasteiger partial charge in [0.2, 0.25) is 5.91 Å². The Hall–Kier alpha value is -1.75. The number of nitrogen functional groups attached to an aromatic ring is 1. The Labute approximate surface area is 144 Å². The van der Waals surface area contributed by atoms with E-state index < -0.39 is 0 Å². The molecule has 2 amide bonds. The summed E-state index contributed by atoms with van der Waals surface area (Å²) in [5.41, 5.74) is 7.97. The summed E-state index contributed by atoms with van der Waals surface area (Å²) in [6, 6.07) is 5.40. The Bertz CT molecular complexity index is 555. The second-order valence-electron chi connectivity index (χ2n) is 5.93. The van der Waals surface area contributed by atoms with Crippen molar-refractivity contribution in [3.8, 4) is 0 Å². The molecule has 0 atom stereocenters. The van der Waals surface area contributed by atoms with Gasteiger partial charge in [-0.15, -0.1) is 12.4 Å². The molecule has 1 aromatic carbocycles. The summed E-state index contributed by atoms with van der Waals surface area (Å²) < 4.78 is 0. The van der Waals surface area contributed by atoms with Crippen LogP contribution in [0.25, 0.3) is 0 Å². The number of nitrogens with one attached hydrogen (secondary N) is 1. The highest BCUT2D eigenvalue weighted by Gasteiger charge is 2.28. The molecule has 0 radical (unpaired) electrons. The minimum atomic E-state index is 0. The molecule has 128 valence electrons. The molecule has 0 aliphatic carbocycles. The number of piperidine rings is 1. The number of amides is 2. The maximum absolute atomic E-state index is 12.6. The first kappa shape index (κ1) is 19.3. The van der Waals surface area contributed by atoms with Gasteiger partial charge in [-0.2, -0.15) is 0 Å². The van der Waals surface area contributed by atoms with Gasteiger partial charge in [-0.05, 0) is 43.9 Å². The summed E-state index contributed by atoms with van der Waals surface area (Å²) in [7, 11) is 0. The zero-order valence-corrected chi connectivity index (χ0v) is 14.6. The van der Waals surface area contributed by atoms with Crippen molar-refractivity contribution in [2.45, 2.75) is 33.1 Å². The van der Waals surface area contributed by atoms with Crippen molar-refractivity contribution >= 4 is 29.9 Å². The number of nitrogens with zero attached hydrogens (tertiary/aromatic N) is 1. The third kappa shape index (κ3) is 4.86. The molecule has 0 bridgehead atoms. The molecular weight excluding hydrogens is 314 g/mol. The molecule has 0 aromatic heterocycles. The predicted molar refractivity (Wildman–Crippen MR) is 94.8 cm³/mol. The number of hydrogen-bond acceptors (Lipinski definition) is 3. The van der Waals surface area contributed by atoms with Crippen LogP contribution in [0.1, 0.15) is 42.1 Å². The Morgan fingerprint density at radius 2 is 1.96 bits per heavy atom. The minimum Gasteiger partial charge on any atom is -0.399 e. The quantitative estimate of drug-likeness (QED) is 0.827. The average molecular weight is 340 g/mol. The molecule has 1 aromatic rings. The highest BCUT2D eigenvalue weighted by atomic mass is 35.5. The molecule has 23 heavy (non-hydrogen) atoms. The van der Waals surface area contributed by atoms with Crippen LogP contribution in [0, 0.1) is 12.8 Å². The molecule has 6 heteroatoms. The fourth-order valence-corrected chi connectivity index (χ4v) is 2.78. The maximum atomic E-state index is 12.6. The van der Waals surface area contributed by atoms with E-state index in [0.29, 0.717) is 24.3 Å². The van der Waals surface area contributed by atoms with Crippen LogP contribution in [0.2, 0.25) is 0 Å². The van der Waals surface area contributed by atoms with Crippen molar-refractivity contribution in [2.75, 3.05) is 25.4 Å². The topological polar surface area (TPSA) is 75.4 Å². The van der Waals surface area contributed by atoms with Crippen LogP contribution in [0.15, 0.2) is 18.2 Å². The molecule has 3 N–H and O–H groups in total. The SMILES string of the molecule is CCCNC(=O)C1CCN(C(=O)c2cc(N)ccc2C)CC1.Cl. The van der Waals surface area contributed by atoms with Gasteiger partial charge in [0, 0.05) is 36.8 Å². The first-order valence-corrected chi connectivity index (χ1v) is 7.96. The molecule has 1 fully saturated rings. The van der Waals surface area contributed by atoms with E-state index in [4.69, 9.17) is 5.73 Å². The van der Waals surface area contributed by atoms with Crippen molar-refractivity contribution < 1.29 is 9.59 Å². The lowest BCUT2D eigenvalue weighted by Crippen LogP contribution is -2.43. The zero-order valence-electron chi connectivity index (χ0n) is 13.8. The van der Waals surface area contributed by atoms with Crippen molar-refractivity contribution in [1.29, 1.82) is 0 Å². The Kier molecular flexibility index (Phi) is 7.36. The number of aryl methyl sites for hydroxylation is 1. The fraction of sp³-hybridized carbons (Fsp3) is 0.529. The van der Waals surface area contributed by atoms with Crippen molar-refractivity contribution in [3.05, 3.63) is 29.3 Å². The highest BCUT2D eigenvalue weighted by Crippen LogP contribution is 2.21. The summed E-state index contributed by atoms with van der Waals surface area (Å²) in [6.07, 6.45) is 2.39. The van der Waals surface area contributed by atoms with E-state index >= 15 is 0 Å². The van der Waals surface area contributed by atoms with Crippen molar-refractivity contribution in [3.63, 3.8) is 0 Å². The van der Waals surface area contributed by atoms with Crippen LogP contribution in [0.3, 0.4) is 0 Å². The first-order chi connectivity index (χ1) is 10.5. The molecular formula is C17H26ClN3O2. The van der Waals surface area contributed by atoms with Crippen LogP contribution in [0.4, 0.5) is 5.69 Å². The smallest absolute Gasteiger partial charge is 0.254 e.